The van der Waals surface area contributed by atoms with Gasteiger partial charge < -0.3 is 0 Å². The molecule has 0 spiro atoms. The van der Waals surface area contributed by atoms with Crippen molar-refractivity contribution in [2.45, 2.75) is 129 Å². The second-order valence-electron chi connectivity index (χ2n) is 6.89. The number of hydrogen-bond donors (Lipinski definition) is 0. The maximum absolute atomic E-state index is 2.33. The predicted molar refractivity (Wildman–Crippen MR) is 102 cm³/mol. The van der Waals surface area contributed by atoms with Crippen LogP contribution >= 0.6 is 0 Å². The molecule has 0 aliphatic rings. The summed E-state index contributed by atoms with van der Waals surface area (Å²) in [7, 11) is 0.00186. The molecule has 0 atom stereocenters. The summed E-state index contributed by atoms with van der Waals surface area (Å²) in [5.74, 6) is 0. The largest absolute Gasteiger partial charge is 0.0654 e. The van der Waals surface area contributed by atoms with Crippen LogP contribution in [0, 0.1) is 0 Å². The Morgan fingerprint density at radius 2 is 0.667 bits per heavy atom. The fourth-order valence-electron chi connectivity index (χ4n) is 3.13. The standard InChI is InChI=1S/C20H43Si/c1-4-7-10-13-14-17-20-21(18-15-11-8-5-2)19-16-12-9-6-3/h4-20H2,1-3H3. The van der Waals surface area contributed by atoms with Crippen LogP contribution in [-0.2, 0) is 0 Å². The van der Waals surface area contributed by atoms with Crippen LogP contribution in [0.5, 0.6) is 0 Å². The molecule has 127 valence electrons. The maximum Gasteiger partial charge on any atom is 0.0479 e. The first-order valence-electron chi connectivity index (χ1n) is 10.2. The first-order chi connectivity index (χ1) is 10.3. The van der Waals surface area contributed by atoms with Gasteiger partial charge in [-0.15, -0.1) is 0 Å². The van der Waals surface area contributed by atoms with Crippen LogP contribution in [0.1, 0.15) is 111 Å². The second-order valence-corrected chi connectivity index (χ2v) is 9.89. The lowest BCUT2D eigenvalue weighted by molar-refractivity contribution is 0.620. The van der Waals surface area contributed by atoms with E-state index in [9.17, 15) is 0 Å². The molecule has 0 rings (SSSR count). The van der Waals surface area contributed by atoms with Crippen molar-refractivity contribution >= 4 is 8.80 Å². The van der Waals surface area contributed by atoms with Crippen LogP contribution < -0.4 is 0 Å². The fourth-order valence-corrected chi connectivity index (χ4v) is 6.13. The monoisotopic (exact) mass is 311 g/mol. The quantitative estimate of drug-likeness (QED) is 0.188. The minimum Gasteiger partial charge on any atom is -0.0654 e. The van der Waals surface area contributed by atoms with E-state index in [0.717, 1.165) is 0 Å². The van der Waals surface area contributed by atoms with E-state index < -0.39 is 0 Å². The molecular weight excluding hydrogens is 268 g/mol. The third-order valence-electron chi connectivity index (χ3n) is 4.65. The molecule has 0 bridgehead atoms. The summed E-state index contributed by atoms with van der Waals surface area (Å²) < 4.78 is 0. The van der Waals surface area contributed by atoms with Crippen LogP contribution in [0.3, 0.4) is 0 Å². The lowest BCUT2D eigenvalue weighted by atomic mass is 10.1. The Morgan fingerprint density at radius 1 is 0.381 bits per heavy atom. The molecular formula is C20H43Si. The SMILES string of the molecule is CCCCCCCC[Si](CCCCCC)CCCCCC. The van der Waals surface area contributed by atoms with E-state index in [1.54, 1.807) is 24.6 Å². The molecule has 0 nitrogen and oxygen atoms in total. The second kappa shape index (κ2) is 18.3. The third-order valence-corrected chi connectivity index (χ3v) is 7.83. The molecule has 21 heavy (non-hydrogen) atoms. The van der Waals surface area contributed by atoms with E-state index in [-0.39, 0.29) is 8.80 Å². The third kappa shape index (κ3) is 16.4. The van der Waals surface area contributed by atoms with Crippen LogP contribution in [0.15, 0.2) is 0 Å². The molecule has 0 unspecified atom stereocenters. The normalized spacial score (nSPS) is 11.4. The molecule has 0 heterocycles. The molecule has 0 saturated carbocycles. The van der Waals surface area contributed by atoms with E-state index in [1.165, 1.54) is 83.5 Å². The van der Waals surface area contributed by atoms with Gasteiger partial charge in [0.05, 0.1) is 0 Å². The van der Waals surface area contributed by atoms with Gasteiger partial charge in [-0.2, -0.15) is 0 Å². The lowest BCUT2D eigenvalue weighted by Crippen LogP contribution is -2.11. The van der Waals surface area contributed by atoms with Gasteiger partial charge >= 0.3 is 0 Å². The Kier molecular flexibility index (Phi) is 18.5. The Balaban J connectivity index is 3.67. The molecule has 0 aromatic heterocycles. The lowest BCUT2D eigenvalue weighted by Gasteiger charge is -2.15. The summed E-state index contributed by atoms with van der Waals surface area (Å²) in [6.07, 6.45) is 20.6. The van der Waals surface area contributed by atoms with E-state index in [2.05, 4.69) is 20.8 Å². The summed E-state index contributed by atoms with van der Waals surface area (Å²) >= 11 is 0. The van der Waals surface area contributed by atoms with E-state index in [0.29, 0.717) is 0 Å². The number of rotatable bonds is 17. The molecule has 0 amide bonds. The topological polar surface area (TPSA) is 0 Å². The summed E-state index contributed by atoms with van der Waals surface area (Å²) in [6.45, 7) is 6.97. The van der Waals surface area contributed by atoms with Gasteiger partial charge in [-0.05, 0) is 0 Å². The summed E-state index contributed by atoms with van der Waals surface area (Å²) in [6, 6.07) is 4.85. The zero-order valence-electron chi connectivity index (χ0n) is 15.5. The first kappa shape index (κ1) is 21.2. The average molecular weight is 312 g/mol. The smallest absolute Gasteiger partial charge is 0.0479 e. The van der Waals surface area contributed by atoms with Gasteiger partial charge in [-0.1, -0.05) is 129 Å². The highest BCUT2D eigenvalue weighted by Gasteiger charge is 2.10. The highest BCUT2D eigenvalue weighted by molar-refractivity contribution is 6.58. The predicted octanol–water partition coefficient (Wildman–Crippen LogP) is 8.00. The first-order valence-corrected chi connectivity index (χ1v) is 12.3. The molecule has 1 radical (unpaired) electrons. The van der Waals surface area contributed by atoms with Gasteiger partial charge in [-0.25, -0.2) is 0 Å². The molecule has 0 saturated heterocycles. The number of hydrogen-bond acceptors (Lipinski definition) is 0. The van der Waals surface area contributed by atoms with Crippen molar-refractivity contribution in [3.8, 4) is 0 Å². The van der Waals surface area contributed by atoms with Crippen LogP contribution in [-0.4, -0.2) is 8.80 Å². The van der Waals surface area contributed by atoms with Crippen molar-refractivity contribution in [2.24, 2.45) is 0 Å². The molecule has 0 fully saturated rings. The van der Waals surface area contributed by atoms with Gasteiger partial charge in [0.15, 0.2) is 0 Å². The maximum atomic E-state index is 2.33. The fraction of sp³-hybridized carbons (Fsp3) is 1.00. The van der Waals surface area contributed by atoms with Crippen molar-refractivity contribution in [1.82, 2.24) is 0 Å². The van der Waals surface area contributed by atoms with E-state index in [1.807, 2.05) is 0 Å². The molecule has 1 heteroatoms. The van der Waals surface area contributed by atoms with Gasteiger partial charge in [0, 0.05) is 8.80 Å². The van der Waals surface area contributed by atoms with Crippen molar-refractivity contribution in [3.05, 3.63) is 0 Å². The molecule has 0 N–H and O–H groups in total. The molecule has 0 aromatic carbocycles. The Hall–Kier alpha value is 0.217. The summed E-state index contributed by atoms with van der Waals surface area (Å²) in [5.41, 5.74) is 0. The zero-order chi connectivity index (χ0) is 15.6. The van der Waals surface area contributed by atoms with E-state index >= 15 is 0 Å². The van der Waals surface area contributed by atoms with Crippen molar-refractivity contribution in [3.63, 3.8) is 0 Å². The van der Waals surface area contributed by atoms with Gasteiger partial charge in [0.1, 0.15) is 0 Å². The van der Waals surface area contributed by atoms with Crippen LogP contribution in [0.4, 0.5) is 0 Å². The zero-order valence-corrected chi connectivity index (χ0v) is 16.5. The minimum absolute atomic E-state index is 0.00186. The van der Waals surface area contributed by atoms with Crippen molar-refractivity contribution in [2.75, 3.05) is 0 Å². The molecule has 0 aliphatic carbocycles. The van der Waals surface area contributed by atoms with Crippen molar-refractivity contribution < 1.29 is 0 Å². The van der Waals surface area contributed by atoms with E-state index in [4.69, 9.17) is 0 Å². The van der Waals surface area contributed by atoms with Gasteiger partial charge in [0.25, 0.3) is 0 Å². The van der Waals surface area contributed by atoms with Gasteiger partial charge in [-0.3, -0.25) is 0 Å². The van der Waals surface area contributed by atoms with Crippen LogP contribution in [0.2, 0.25) is 18.1 Å². The molecule has 0 aromatic rings. The summed E-state index contributed by atoms with van der Waals surface area (Å²) in [4.78, 5) is 0. The molecule has 0 aliphatic heterocycles. The van der Waals surface area contributed by atoms with Gasteiger partial charge in [0.2, 0.25) is 0 Å². The minimum atomic E-state index is 0.00186. The van der Waals surface area contributed by atoms with Crippen LogP contribution in [0.25, 0.3) is 0 Å². The number of unbranched alkanes of at least 4 members (excludes halogenated alkanes) is 11. The highest BCUT2D eigenvalue weighted by Crippen LogP contribution is 2.19. The van der Waals surface area contributed by atoms with Crippen molar-refractivity contribution in [1.29, 1.82) is 0 Å². The Morgan fingerprint density at radius 3 is 1.05 bits per heavy atom. The Bertz CT molecular complexity index is 167. The highest BCUT2D eigenvalue weighted by atomic mass is 28.3. The summed E-state index contributed by atoms with van der Waals surface area (Å²) in [5, 5.41) is 0. The Labute approximate surface area is 138 Å². The average Bonchev–Trinajstić information content (AvgIpc) is 2.50.